The highest BCUT2D eigenvalue weighted by Gasteiger charge is 2.30. The van der Waals surface area contributed by atoms with Crippen LogP contribution in [0.2, 0.25) is 0 Å². The van der Waals surface area contributed by atoms with Gasteiger partial charge in [0.1, 0.15) is 11.8 Å². The normalized spacial score (nSPS) is 12.0. The molecule has 2 aromatic rings. The van der Waals surface area contributed by atoms with Gasteiger partial charge in [-0.25, -0.2) is 8.42 Å². The van der Waals surface area contributed by atoms with Gasteiger partial charge < -0.3 is 19.5 Å². The van der Waals surface area contributed by atoms with Crippen LogP contribution in [0.15, 0.2) is 42.5 Å². The molecule has 0 spiro atoms. The predicted octanol–water partition coefficient (Wildman–Crippen LogP) is 2.51. The molecule has 1 amide bonds. The maximum absolute atomic E-state index is 12.8. The second-order valence-electron chi connectivity index (χ2n) is 5.96. The van der Waals surface area contributed by atoms with Crippen LogP contribution < -0.4 is 23.8 Å². The predicted molar refractivity (Wildman–Crippen MR) is 108 cm³/mol. The van der Waals surface area contributed by atoms with Crippen molar-refractivity contribution in [2.45, 2.75) is 13.0 Å². The molecule has 0 heterocycles. The number of nitrogens with one attached hydrogen (secondary N) is 1. The summed E-state index contributed by atoms with van der Waals surface area (Å²) in [5.74, 6) is 0.765. The Morgan fingerprint density at radius 3 is 2.14 bits per heavy atom. The van der Waals surface area contributed by atoms with E-state index in [1.54, 1.807) is 36.4 Å². The molecule has 0 fully saturated rings. The zero-order chi connectivity index (χ0) is 20.9. The number of benzene rings is 2. The van der Waals surface area contributed by atoms with Gasteiger partial charge in [0.05, 0.1) is 39.0 Å². The molecule has 0 aliphatic heterocycles. The highest BCUT2D eigenvalue weighted by molar-refractivity contribution is 7.92. The average Bonchev–Trinajstić information content (AvgIpc) is 2.67. The summed E-state index contributed by atoms with van der Waals surface area (Å²) in [5.41, 5.74) is 0.727. The van der Waals surface area contributed by atoms with E-state index in [-0.39, 0.29) is 5.69 Å². The van der Waals surface area contributed by atoms with Crippen LogP contribution in [0.4, 0.5) is 11.4 Å². The topological polar surface area (TPSA) is 94.2 Å². The van der Waals surface area contributed by atoms with E-state index >= 15 is 0 Å². The molecule has 152 valence electrons. The molecule has 0 radical (unpaired) electrons. The number of nitrogens with zero attached hydrogens (tertiary/aromatic N) is 1. The molecule has 0 saturated heterocycles. The minimum atomic E-state index is -3.77. The fourth-order valence-corrected chi connectivity index (χ4v) is 3.92. The van der Waals surface area contributed by atoms with Crippen LogP contribution in [-0.2, 0) is 14.8 Å². The molecule has 2 aromatic carbocycles. The fraction of sp³-hybridized carbons (Fsp3) is 0.316. The molecule has 0 aliphatic carbocycles. The number of sulfonamides is 1. The Morgan fingerprint density at radius 2 is 1.57 bits per heavy atom. The molecule has 0 bridgehead atoms. The van der Waals surface area contributed by atoms with Gasteiger partial charge in [-0.2, -0.15) is 0 Å². The standard InChI is InChI=1S/C19H24N2O6S/c1-13(19(22)20-15-8-6-7-9-16(15)25-2)21(28(5,23)24)14-10-11-17(26-3)18(12-14)27-4/h6-13H,1-5H3,(H,20,22)/t13-/m1/s1. The molecule has 0 saturated carbocycles. The third kappa shape index (κ3) is 4.66. The lowest BCUT2D eigenvalue weighted by atomic mass is 10.2. The van der Waals surface area contributed by atoms with Crippen LogP contribution >= 0.6 is 0 Å². The number of rotatable bonds is 8. The van der Waals surface area contributed by atoms with Crippen molar-refractivity contribution in [3.05, 3.63) is 42.5 Å². The van der Waals surface area contributed by atoms with Gasteiger partial charge in [-0.15, -0.1) is 0 Å². The lowest BCUT2D eigenvalue weighted by Gasteiger charge is -2.28. The molecule has 28 heavy (non-hydrogen) atoms. The Balaban J connectivity index is 2.39. The molecule has 0 unspecified atom stereocenters. The van der Waals surface area contributed by atoms with Crippen molar-refractivity contribution in [1.29, 1.82) is 0 Å². The minimum absolute atomic E-state index is 0.280. The van der Waals surface area contributed by atoms with Gasteiger partial charge in [0.15, 0.2) is 11.5 Å². The third-order valence-electron chi connectivity index (χ3n) is 4.07. The van der Waals surface area contributed by atoms with Crippen molar-refractivity contribution in [3.63, 3.8) is 0 Å². The van der Waals surface area contributed by atoms with Crippen LogP contribution in [0.1, 0.15) is 6.92 Å². The van der Waals surface area contributed by atoms with E-state index < -0.39 is 22.0 Å². The maximum Gasteiger partial charge on any atom is 0.248 e. The largest absolute Gasteiger partial charge is 0.495 e. The minimum Gasteiger partial charge on any atom is -0.495 e. The first-order valence-electron chi connectivity index (χ1n) is 8.38. The Kier molecular flexibility index (Phi) is 6.74. The van der Waals surface area contributed by atoms with Gasteiger partial charge in [0.2, 0.25) is 15.9 Å². The molecular formula is C19H24N2O6S. The summed E-state index contributed by atoms with van der Waals surface area (Å²) in [7, 11) is 0.647. The Labute approximate surface area is 165 Å². The Morgan fingerprint density at radius 1 is 0.964 bits per heavy atom. The van der Waals surface area contributed by atoms with Crippen molar-refractivity contribution < 1.29 is 27.4 Å². The quantitative estimate of drug-likeness (QED) is 0.721. The number of ether oxygens (including phenoxy) is 3. The second-order valence-corrected chi connectivity index (χ2v) is 7.82. The smallest absolute Gasteiger partial charge is 0.248 e. The summed E-state index contributed by atoms with van der Waals surface area (Å²) < 4.78 is 41.6. The van der Waals surface area contributed by atoms with E-state index in [1.807, 2.05) is 0 Å². The zero-order valence-electron chi connectivity index (χ0n) is 16.4. The zero-order valence-corrected chi connectivity index (χ0v) is 17.2. The van der Waals surface area contributed by atoms with Crippen molar-refractivity contribution in [2.75, 3.05) is 37.2 Å². The lowest BCUT2D eigenvalue weighted by Crippen LogP contribution is -2.45. The summed E-state index contributed by atoms with van der Waals surface area (Å²) in [6.07, 6.45) is 1.04. The fourth-order valence-electron chi connectivity index (χ4n) is 2.76. The first kappa shape index (κ1) is 21.4. The maximum atomic E-state index is 12.8. The highest BCUT2D eigenvalue weighted by Crippen LogP contribution is 2.33. The van der Waals surface area contributed by atoms with Crippen molar-refractivity contribution in [3.8, 4) is 17.2 Å². The van der Waals surface area contributed by atoms with Crippen LogP contribution in [0.3, 0.4) is 0 Å². The number of amides is 1. The van der Waals surface area contributed by atoms with Crippen molar-refractivity contribution in [2.24, 2.45) is 0 Å². The molecular weight excluding hydrogens is 384 g/mol. The van der Waals surface area contributed by atoms with Gasteiger partial charge in [-0.05, 0) is 31.2 Å². The van der Waals surface area contributed by atoms with Crippen molar-refractivity contribution in [1.82, 2.24) is 0 Å². The first-order chi connectivity index (χ1) is 13.2. The lowest BCUT2D eigenvalue weighted by molar-refractivity contribution is -0.116. The Hall–Kier alpha value is -2.94. The van der Waals surface area contributed by atoms with E-state index in [1.165, 1.54) is 34.3 Å². The molecule has 0 aliphatic rings. The number of hydrogen-bond acceptors (Lipinski definition) is 6. The first-order valence-corrected chi connectivity index (χ1v) is 10.2. The summed E-state index contributed by atoms with van der Waals surface area (Å²) in [6.45, 7) is 1.50. The van der Waals surface area contributed by atoms with E-state index in [2.05, 4.69) is 5.32 Å². The van der Waals surface area contributed by atoms with Crippen LogP contribution in [0.5, 0.6) is 17.2 Å². The number of carbonyl (C=O) groups is 1. The van der Waals surface area contributed by atoms with Gasteiger partial charge in [0.25, 0.3) is 0 Å². The van der Waals surface area contributed by atoms with Crippen molar-refractivity contribution >= 4 is 27.3 Å². The molecule has 1 atom stereocenters. The molecule has 0 aromatic heterocycles. The van der Waals surface area contributed by atoms with Crippen LogP contribution in [0, 0.1) is 0 Å². The van der Waals surface area contributed by atoms with Gasteiger partial charge in [-0.1, -0.05) is 12.1 Å². The molecule has 9 heteroatoms. The van der Waals surface area contributed by atoms with Gasteiger partial charge in [0, 0.05) is 6.07 Å². The van der Waals surface area contributed by atoms with E-state index in [9.17, 15) is 13.2 Å². The van der Waals surface area contributed by atoms with Gasteiger partial charge >= 0.3 is 0 Å². The SMILES string of the molecule is COc1ccccc1NC(=O)[C@@H](C)N(c1ccc(OC)c(OC)c1)S(C)(=O)=O. The Bertz CT molecular complexity index is 945. The van der Waals surface area contributed by atoms with E-state index in [4.69, 9.17) is 14.2 Å². The number of para-hydroxylation sites is 2. The highest BCUT2D eigenvalue weighted by atomic mass is 32.2. The van der Waals surface area contributed by atoms with E-state index in [0.29, 0.717) is 22.9 Å². The average molecular weight is 408 g/mol. The number of carbonyl (C=O) groups excluding carboxylic acids is 1. The summed E-state index contributed by atoms with van der Waals surface area (Å²) >= 11 is 0. The van der Waals surface area contributed by atoms with Gasteiger partial charge in [-0.3, -0.25) is 9.10 Å². The number of anilines is 2. The summed E-state index contributed by atoms with van der Waals surface area (Å²) in [5, 5.41) is 2.71. The number of methoxy groups -OCH3 is 3. The number of hydrogen-bond donors (Lipinski definition) is 1. The molecule has 2 rings (SSSR count). The van der Waals surface area contributed by atoms with Crippen LogP contribution in [-0.4, -0.2) is 48.0 Å². The summed E-state index contributed by atoms with van der Waals surface area (Å²) in [6, 6.07) is 10.5. The summed E-state index contributed by atoms with van der Waals surface area (Å²) in [4.78, 5) is 12.8. The third-order valence-corrected chi connectivity index (χ3v) is 5.32. The second kappa shape index (κ2) is 8.83. The van der Waals surface area contributed by atoms with Crippen LogP contribution in [0.25, 0.3) is 0 Å². The molecule has 8 nitrogen and oxygen atoms in total. The van der Waals surface area contributed by atoms with E-state index in [0.717, 1.165) is 10.6 Å². The molecule has 1 N–H and O–H groups in total. The monoisotopic (exact) mass is 408 g/mol.